The summed E-state index contributed by atoms with van der Waals surface area (Å²) in [6.45, 7) is 11.3. The lowest BCUT2D eigenvalue weighted by Crippen LogP contribution is -2.42. The maximum Gasteiger partial charge on any atom is 0.358 e. The number of esters is 2. The van der Waals surface area contributed by atoms with Crippen molar-refractivity contribution in [3.8, 4) is 0 Å². The second-order valence-corrected chi connectivity index (χ2v) is 16.7. The molecule has 288 valence electrons. The fourth-order valence-corrected chi connectivity index (χ4v) is 7.42. The zero-order valence-corrected chi connectivity index (χ0v) is 33.4. The van der Waals surface area contributed by atoms with E-state index in [9.17, 15) is 19.8 Å². The van der Waals surface area contributed by atoms with Crippen molar-refractivity contribution >= 4 is 46.8 Å². The highest BCUT2D eigenvalue weighted by Crippen LogP contribution is 2.41. The fourth-order valence-electron chi connectivity index (χ4n) is 6.04. The van der Waals surface area contributed by atoms with Crippen LogP contribution >= 0.6 is 22.7 Å². The van der Waals surface area contributed by atoms with Crippen molar-refractivity contribution in [2.45, 2.75) is 97.4 Å². The molecule has 1 saturated carbocycles. The quantitative estimate of drug-likeness (QED) is 0.168. The number of allylic oxidation sites excluding steroid dienone is 8. The number of aliphatic hydroxyl groups excluding tert-OH is 2. The van der Waals surface area contributed by atoms with Crippen LogP contribution < -0.4 is 0 Å². The number of carbonyl (C=O) groups excluding carboxylic acids is 2. The van der Waals surface area contributed by atoms with Crippen LogP contribution in [0.2, 0.25) is 0 Å². The SMILES string of the molecule is C/C=C/[C@H](O)C(C)(C)[C@@H]1C/C=C\C2C[C@@H]2/C=C/C=C\c2nc(cs2)C(=O)O[C@H](C(C)(C)[C@@H](O)/C=C/C)C/C=C\[C@H]2O[C@H]2/C=C/C=C\c2nc(cs2)C(=O)O1. The molecule has 2 aromatic rings. The molecule has 2 aromatic heterocycles. The number of hydrogen-bond donors (Lipinski definition) is 2. The van der Waals surface area contributed by atoms with Crippen LogP contribution in [0.25, 0.3) is 12.2 Å². The molecular weight excluding hydrogens is 721 g/mol. The van der Waals surface area contributed by atoms with Gasteiger partial charge >= 0.3 is 11.9 Å². The highest BCUT2D eigenvalue weighted by atomic mass is 32.1. The van der Waals surface area contributed by atoms with Crippen molar-refractivity contribution in [1.29, 1.82) is 0 Å². The van der Waals surface area contributed by atoms with E-state index in [-0.39, 0.29) is 23.6 Å². The molecule has 1 saturated heterocycles. The van der Waals surface area contributed by atoms with Gasteiger partial charge in [-0.2, -0.15) is 0 Å². The van der Waals surface area contributed by atoms with Gasteiger partial charge in [0.2, 0.25) is 0 Å². The van der Waals surface area contributed by atoms with Crippen LogP contribution in [0.1, 0.15) is 91.8 Å². The lowest BCUT2D eigenvalue weighted by atomic mass is 9.79. The summed E-state index contributed by atoms with van der Waals surface area (Å²) in [7, 11) is 0. The van der Waals surface area contributed by atoms with Crippen molar-refractivity contribution in [1.82, 2.24) is 9.97 Å². The van der Waals surface area contributed by atoms with Crippen LogP contribution in [0.3, 0.4) is 0 Å². The molecule has 4 bridgehead atoms. The minimum absolute atomic E-state index is 0.106. The Labute approximate surface area is 326 Å². The lowest BCUT2D eigenvalue weighted by molar-refractivity contribution is -0.0461. The van der Waals surface area contributed by atoms with E-state index in [4.69, 9.17) is 14.2 Å². The third-order valence-electron chi connectivity index (χ3n) is 10.1. The van der Waals surface area contributed by atoms with Gasteiger partial charge in [-0.15, -0.1) is 22.7 Å². The van der Waals surface area contributed by atoms with Crippen LogP contribution in [0.15, 0.2) is 95.8 Å². The van der Waals surface area contributed by atoms with Crippen molar-refractivity contribution < 1.29 is 34.0 Å². The van der Waals surface area contributed by atoms with Gasteiger partial charge in [-0.3, -0.25) is 0 Å². The molecule has 54 heavy (non-hydrogen) atoms. The summed E-state index contributed by atoms with van der Waals surface area (Å²) in [6.07, 6.45) is 29.2. The number of hydrogen-bond acceptors (Lipinski definition) is 11. The predicted molar refractivity (Wildman–Crippen MR) is 216 cm³/mol. The van der Waals surface area contributed by atoms with Crippen LogP contribution in [-0.2, 0) is 14.2 Å². The summed E-state index contributed by atoms with van der Waals surface area (Å²) in [4.78, 5) is 35.6. The second kappa shape index (κ2) is 18.6. The standard InChI is InChI=1S/C43H52N2O7S2/c1-7-15-34(46)42(3,4)36-21-13-18-29-25-28(29)17-9-11-23-38-44-31(26-53-38)41(49)52-37(43(5,6)35(47)16-8-2)22-14-20-33-32(50-33)19-10-12-24-39-45-30(27-54-39)40(48)51-36/h7-20,23-24,26-29,32-37,46-47H,21-22,25H2,1-6H3/b15-7+,16-8+,17-9+,18-13-,19-10+,20-14-,23-11-,24-12-/t28-,29?,32-,33+,34-,35-,36-,37-/m0/s1. The minimum Gasteiger partial charge on any atom is -0.457 e. The number of epoxide rings is 1. The Morgan fingerprint density at radius 3 is 1.69 bits per heavy atom. The van der Waals surface area contributed by atoms with Crippen molar-refractivity contribution in [2.24, 2.45) is 22.7 Å². The Hall–Kier alpha value is -4.00. The molecule has 4 heterocycles. The molecule has 0 spiro atoms. The highest BCUT2D eigenvalue weighted by Gasteiger charge is 2.40. The molecule has 2 N–H and O–H groups in total. The van der Waals surface area contributed by atoms with E-state index in [1.54, 1.807) is 35.1 Å². The van der Waals surface area contributed by atoms with E-state index in [0.29, 0.717) is 34.7 Å². The van der Waals surface area contributed by atoms with Gasteiger partial charge in [0.1, 0.15) is 34.4 Å². The smallest absolute Gasteiger partial charge is 0.358 e. The summed E-state index contributed by atoms with van der Waals surface area (Å²) in [5.41, 5.74) is -1.08. The molecule has 0 amide bonds. The number of rotatable bonds is 6. The number of carbonyl (C=O) groups is 2. The van der Waals surface area contributed by atoms with Crippen LogP contribution in [0.4, 0.5) is 0 Å². The molecule has 0 radical (unpaired) electrons. The van der Waals surface area contributed by atoms with E-state index in [0.717, 1.165) is 6.42 Å². The number of aliphatic hydroxyl groups is 2. The Morgan fingerprint density at radius 2 is 1.17 bits per heavy atom. The molecule has 2 aliphatic heterocycles. The summed E-state index contributed by atoms with van der Waals surface area (Å²) in [5.74, 6) is -0.304. The molecule has 9 nitrogen and oxygen atoms in total. The average molecular weight is 773 g/mol. The molecule has 2 fully saturated rings. The zero-order chi connectivity index (χ0) is 38.9. The summed E-state index contributed by atoms with van der Waals surface area (Å²) < 4.78 is 17.8. The summed E-state index contributed by atoms with van der Waals surface area (Å²) >= 11 is 2.70. The van der Waals surface area contributed by atoms with Gasteiger partial charge in [-0.1, -0.05) is 113 Å². The van der Waals surface area contributed by atoms with Gasteiger partial charge in [0.15, 0.2) is 11.4 Å². The maximum absolute atomic E-state index is 13.3. The Kier molecular flexibility index (Phi) is 14.1. The van der Waals surface area contributed by atoms with Gasteiger partial charge in [-0.05, 0) is 44.3 Å². The number of ether oxygens (including phenoxy) is 3. The zero-order valence-electron chi connectivity index (χ0n) is 31.8. The van der Waals surface area contributed by atoms with Gasteiger partial charge in [0.25, 0.3) is 0 Å². The lowest BCUT2D eigenvalue weighted by Gasteiger charge is -2.36. The van der Waals surface area contributed by atoms with E-state index in [2.05, 4.69) is 22.1 Å². The van der Waals surface area contributed by atoms with Crippen molar-refractivity contribution in [3.63, 3.8) is 0 Å². The van der Waals surface area contributed by atoms with Gasteiger partial charge in [0.05, 0.1) is 12.2 Å². The molecule has 11 heteroatoms. The largest absolute Gasteiger partial charge is 0.457 e. The Bertz CT molecular complexity index is 1710. The molecule has 1 unspecified atom stereocenters. The molecule has 3 aliphatic rings. The van der Waals surface area contributed by atoms with Crippen LogP contribution in [0, 0.1) is 22.7 Å². The fraction of sp³-hybridized carbons (Fsp3) is 0.442. The summed E-state index contributed by atoms with van der Waals surface area (Å²) in [6, 6.07) is 0. The molecule has 0 aromatic carbocycles. The first kappa shape index (κ1) is 41.2. The number of fused-ring (bicyclic) bond motifs is 6. The van der Waals surface area contributed by atoms with Crippen LogP contribution in [0.5, 0.6) is 0 Å². The second-order valence-electron chi connectivity index (χ2n) is 15.0. The molecule has 8 atom stereocenters. The number of thiazole rings is 2. The van der Waals surface area contributed by atoms with E-state index in [1.165, 1.54) is 22.7 Å². The van der Waals surface area contributed by atoms with E-state index < -0.39 is 47.2 Å². The number of cyclic esters (lactones) is 2. The van der Waals surface area contributed by atoms with Gasteiger partial charge in [-0.25, -0.2) is 19.6 Å². The van der Waals surface area contributed by atoms with E-state index >= 15 is 0 Å². The predicted octanol–water partition coefficient (Wildman–Crippen LogP) is 8.73. The first-order chi connectivity index (χ1) is 25.8. The normalized spacial score (nSPS) is 30.5. The third-order valence-corrected chi connectivity index (χ3v) is 11.7. The first-order valence-electron chi connectivity index (χ1n) is 18.5. The highest BCUT2D eigenvalue weighted by molar-refractivity contribution is 7.11. The molecular formula is C43H52N2O7S2. The van der Waals surface area contributed by atoms with E-state index in [1.807, 2.05) is 102 Å². The van der Waals surface area contributed by atoms with Gasteiger partial charge in [0, 0.05) is 34.4 Å². The molecule has 1 aliphatic carbocycles. The maximum atomic E-state index is 13.3. The minimum atomic E-state index is -0.829. The average Bonchev–Trinajstić information content (AvgIpc) is 3.93. The Morgan fingerprint density at radius 1 is 0.704 bits per heavy atom. The van der Waals surface area contributed by atoms with Gasteiger partial charge < -0.3 is 24.4 Å². The van der Waals surface area contributed by atoms with Crippen molar-refractivity contribution in [3.05, 3.63) is 117 Å². The summed E-state index contributed by atoms with van der Waals surface area (Å²) in [5, 5.41) is 26.6. The first-order valence-corrected chi connectivity index (χ1v) is 20.2. The number of aromatic nitrogens is 2. The third kappa shape index (κ3) is 11.0. The molecule has 5 rings (SSSR count). The Balaban J connectivity index is 1.35. The van der Waals surface area contributed by atoms with Crippen molar-refractivity contribution in [2.75, 3.05) is 0 Å². The van der Waals surface area contributed by atoms with Crippen LogP contribution in [-0.4, -0.2) is 68.7 Å². The number of nitrogens with zero attached hydrogens (tertiary/aromatic N) is 2. The monoisotopic (exact) mass is 772 g/mol. The topological polar surface area (TPSA) is 131 Å².